The first-order chi connectivity index (χ1) is 55.6. The van der Waals surface area contributed by atoms with Crippen LogP contribution >= 0.6 is 23.5 Å². The van der Waals surface area contributed by atoms with Gasteiger partial charge < -0.3 is 95.7 Å². The molecule has 3 fully saturated rings. The molecule has 12 N–H and O–H groups in total. The molecule has 4 rings (SSSR count). The van der Waals surface area contributed by atoms with Crippen molar-refractivity contribution in [2.75, 3.05) is 70.6 Å². The summed E-state index contributed by atoms with van der Waals surface area (Å²) >= 11 is 1.49. The number of methoxy groups -OCH3 is 3. The van der Waals surface area contributed by atoms with E-state index in [9.17, 15) is 102 Å². The molecule has 2 unspecified atom stereocenters. The number of hydrogen-bond donors (Lipinski definition) is 10. The van der Waals surface area contributed by atoms with Gasteiger partial charge in [-0.05, 0) is 133 Å². The second-order valence-corrected chi connectivity index (χ2v) is 33.5. The van der Waals surface area contributed by atoms with Crippen LogP contribution in [0.25, 0.3) is 0 Å². The first kappa shape index (κ1) is 102. The van der Waals surface area contributed by atoms with Crippen molar-refractivity contribution in [3.05, 3.63) is 47.6 Å². The van der Waals surface area contributed by atoms with Crippen molar-refractivity contribution in [3.63, 3.8) is 0 Å². The Labute approximate surface area is 696 Å². The molecular formula is C81H122N6O29S2. The summed E-state index contributed by atoms with van der Waals surface area (Å²) in [5.74, 6) is -19.9. The Morgan fingerprint density at radius 3 is 1.88 bits per heavy atom. The van der Waals surface area contributed by atoms with E-state index in [2.05, 4.69) is 16.0 Å². The molecule has 2 bridgehead atoms. The predicted octanol–water partition coefficient (Wildman–Crippen LogP) is 3.96. The summed E-state index contributed by atoms with van der Waals surface area (Å²) < 4.78 is 47.8. The molecule has 0 aromatic rings. The number of carboxylic acid groups (broad SMARTS) is 4. The lowest BCUT2D eigenvalue weighted by atomic mass is 9.78. The second kappa shape index (κ2) is 51.3. The highest BCUT2D eigenvalue weighted by atomic mass is 32.2. The SMILES string of the molecule is CO[C@H]1C[C@H]2CC[C@@H](C)[C@@H](O2)C(=O)C(=O)N2CCCC[C@H]2C(=O)OC([C@H](C)C[C@@H]2CC[C@@H](OC(=O)C(C)(COC(=O)CSC[C@H](NC(=O)CC[C@H](N)C(=O)O)C(=O)CCC(=O)O)COC(=O)CSC[C@H](NC(=O)CC[C@H](N)C(=O)O)C(=O)NCC(=O)O)[C@H](OC)C2)CC(=O)[C@H](C)/C=C(\C)[C@@H](O)[C@@H](OC)C(=O)[C@H](C)C[C@@H](C)\C=C/C=C/C=C/1C. The standard InChI is InChI=1S/C81H122N6O29S2/c1-44-17-13-12-14-18-45(2)61(109-9)35-52-22-20-46(3)73(114-52)72(100)76(102)87-30-16-15-19-57(87)79(107)115-62(36-59(89)47(4)32-50(7)71(99)74(111-11)70(98)49(6)31-44)48(5)33-51-21-26-60(63(34-51)110-10)116-80(108)81(8,42-112-68(96)40-117-38-55(58(88)25-29-66(92)93)85-64(90)27-23-53(82)77(103)104)43-113-69(97)41-118-39-56(75(101)84-37-67(94)95)86-65(91)28-24-54(83)78(105)106/h12-14,17-18,32,44,46-49,51-57,60-63,71,73-74,99H,15-16,19-31,33-43,82-83H2,1-11H3,(H,84,101)(H,85,90)(H,86,91)(H,92,93)(H,94,95)(H,103,104)(H,105,106)/b14-12+,17-13-,45-18+,50-32+/t44-,46+,47+,48+,49+,51-,52+,53-,54-,55-,56-,57-,60+,61-,62?,63+,71+,73+,74-,81?/m0/s1. The zero-order valence-corrected chi connectivity index (χ0v) is 70.9. The monoisotopic (exact) mass is 1710 g/mol. The van der Waals surface area contributed by atoms with Crippen molar-refractivity contribution < 1.29 is 140 Å². The van der Waals surface area contributed by atoms with Gasteiger partial charge in [-0.1, -0.05) is 71.1 Å². The van der Waals surface area contributed by atoms with Crippen molar-refractivity contribution in [2.45, 2.75) is 250 Å². The molecule has 0 spiro atoms. The Kier molecular flexibility index (Phi) is 44.4. The molecule has 3 heterocycles. The molecule has 4 aliphatic rings. The van der Waals surface area contributed by atoms with Gasteiger partial charge in [-0.15, -0.1) is 23.5 Å². The molecule has 20 atom stereocenters. The molecular weight excluding hydrogens is 1590 g/mol. The molecule has 2 saturated heterocycles. The van der Waals surface area contributed by atoms with Gasteiger partial charge in [-0.3, -0.25) is 71.9 Å². The number of aliphatic hydroxyl groups excluding tert-OH is 1. The topological polar surface area (TPSA) is 539 Å². The number of carboxylic acids is 4. The van der Waals surface area contributed by atoms with E-state index in [0.29, 0.717) is 44.9 Å². The second-order valence-electron chi connectivity index (χ2n) is 31.4. The van der Waals surface area contributed by atoms with Crippen LogP contribution in [0.4, 0.5) is 0 Å². The van der Waals surface area contributed by atoms with Gasteiger partial charge in [-0.2, -0.15) is 0 Å². The minimum atomic E-state index is -2.04. The van der Waals surface area contributed by atoms with Gasteiger partial charge in [-0.25, -0.2) is 4.79 Å². The lowest BCUT2D eigenvalue weighted by Crippen LogP contribution is -2.55. The van der Waals surface area contributed by atoms with Gasteiger partial charge in [0.25, 0.3) is 5.91 Å². The van der Waals surface area contributed by atoms with Gasteiger partial charge in [0.1, 0.15) is 85.6 Å². The number of allylic oxidation sites excluding steroid dienone is 6. The maximum absolute atomic E-state index is 14.9. The zero-order chi connectivity index (χ0) is 88.3. The third-order valence-electron chi connectivity index (χ3n) is 21.5. The average molecular weight is 1710 g/mol. The maximum Gasteiger partial charge on any atom is 0.329 e. The van der Waals surface area contributed by atoms with Gasteiger partial charge in [0.15, 0.2) is 11.6 Å². The molecule has 118 heavy (non-hydrogen) atoms. The molecule has 35 nitrogen and oxygen atoms in total. The Balaban J connectivity index is 1.66. The quantitative estimate of drug-likeness (QED) is 0.0182. The van der Waals surface area contributed by atoms with E-state index in [4.69, 9.17) is 49.4 Å². The number of hydrogen-bond acceptors (Lipinski definition) is 29. The fourth-order valence-corrected chi connectivity index (χ4v) is 15.9. The van der Waals surface area contributed by atoms with Crippen LogP contribution in [-0.4, -0.2) is 275 Å². The summed E-state index contributed by atoms with van der Waals surface area (Å²) in [7, 11) is 4.27. The molecule has 4 amide bonds. The number of rotatable bonds is 37. The molecule has 1 saturated carbocycles. The average Bonchev–Trinajstić information content (AvgIpc) is 0.805. The van der Waals surface area contributed by atoms with E-state index in [1.54, 1.807) is 34.8 Å². The zero-order valence-electron chi connectivity index (χ0n) is 69.3. The number of nitrogens with zero attached hydrogens (tertiary/aromatic N) is 1. The Morgan fingerprint density at radius 2 is 1.31 bits per heavy atom. The number of ether oxygens (including phenoxy) is 8. The molecule has 662 valence electrons. The van der Waals surface area contributed by atoms with Crippen molar-refractivity contribution in [3.8, 4) is 0 Å². The molecule has 3 aliphatic heterocycles. The summed E-state index contributed by atoms with van der Waals surface area (Å²) in [6, 6.07) is -6.90. The highest BCUT2D eigenvalue weighted by Gasteiger charge is 2.47. The number of ketones is 4. The third-order valence-corrected chi connectivity index (χ3v) is 23.5. The van der Waals surface area contributed by atoms with E-state index >= 15 is 0 Å². The number of piperidine rings is 1. The Morgan fingerprint density at radius 1 is 0.695 bits per heavy atom. The smallest absolute Gasteiger partial charge is 0.329 e. The number of fused-ring (bicyclic) bond motifs is 3. The number of carbonyl (C=O) groups is 16. The van der Waals surface area contributed by atoms with E-state index in [-0.39, 0.29) is 92.1 Å². The van der Waals surface area contributed by atoms with Crippen LogP contribution in [-0.2, 0) is 115 Å². The number of cyclic esters (lactones) is 1. The Hall–Kier alpha value is -8.30. The number of nitrogens with two attached hydrogens (primary N) is 2. The van der Waals surface area contributed by atoms with E-state index < -0.39 is 248 Å². The minimum absolute atomic E-state index is 0.0505. The molecule has 37 heteroatoms. The van der Waals surface area contributed by atoms with Crippen LogP contribution in [0.1, 0.15) is 171 Å². The van der Waals surface area contributed by atoms with E-state index in [0.717, 1.165) is 29.1 Å². The van der Waals surface area contributed by atoms with Crippen LogP contribution in [0.5, 0.6) is 0 Å². The lowest BCUT2D eigenvalue weighted by molar-refractivity contribution is -0.182. The number of esters is 4. The van der Waals surface area contributed by atoms with E-state index in [1.165, 1.54) is 32.1 Å². The number of thioether (sulfide) groups is 2. The summed E-state index contributed by atoms with van der Waals surface area (Å²) in [5, 5.41) is 55.4. The van der Waals surface area contributed by atoms with Crippen LogP contribution in [0.15, 0.2) is 47.6 Å². The highest BCUT2D eigenvalue weighted by Crippen LogP contribution is 2.38. The molecule has 0 radical (unpaired) electrons. The normalized spacial score (nSPS) is 28.1. The summed E-state index contributed by atoms with van der Waals surface area (Å²) in [6.45, 7) is 11.2. The van der Waals surface area contributed by atoms with Crippen LogP contribution in [0, 0.1) is 40.9 Å². The predicted molar refractivity (Wildman–Crippen MR) is 429 cm³/mol. The first-order valence-corrected chi connectivity index (χ1v) is 42.2. The number of aliphatic carboxylic acids is 4. The summed E-state index contributed by atoms with van der Waals surface area (Å²) in [6.07, 6.45) is 4.20. The highest BCUT2D eigenvalue weighted by molar-refractivity contribution is 8.00. The number of aliphatic hydroxyl groups is 1. The van der Waals surface area contributed by atoms with Crippen molar-refractivity contribution >= 4 is 118 Å². The number of Topliss-reactive ketones (excluding diaryl/α,β-unsaturated/α-hetero) is 4. The molecule has 0 aromatic carbocycles. The van der Waals surface area contributed by atoms with Gasteiger partial charge in [0.2, 0.25) is 23.5 Å². The number of amides is 4. The fraction of sp³-hybridized carbons (Fsp3) is 0.704. The van der Waals surface area contributed by atoms with Crippen LogP contribution < -0.4 is 27.4 Å². The first-order valence-electron chi connectivity index (χ1n) is 39.8. The Bertz CT molecular complexity index is 3510. The maximum atomic E-state index is 14.9. The van der Waals surface area contributed by atoms with E-state index in [1.807, 2.05) is 51.2 Å². The fourth-order valence-electron chi connectivity index (χ4n) is 14.2. The molecule has 0 aromatic heterocycles. The third kappa shape index (κ3) is 34.4. The van der Waals surface area contributed by atoms with Crippen LogP contribution in [0.3, 0.4) is 0 Å². The number of nitrogens with one attached hydrogen (secondary N) is 3. The summed E-state index contributed by atoms with van der Waals surface area (Å²) in [4.78, 5) is 213. The lowest BCUT2D eigenvalue weighted by Gasteiger charge is -2.39. The van der Waals surface area contributed by atoms with Crippen molar-refractivity contribution in [1.82, 2.24) is 20.9 Å². The number of carbonyl (C=O) groups excluding carboxylic acids is 12. The van der Waals surface area contributed by atoms with Crippen LogP contribution in [0.2, 0.25) is 0 Å². The largest absolute Gasteiger partial charge is 0.481 e. The van der Waals surface area contributed by atoms with Gasteiger partial charge >= 0.3 is 47.8 Å². The minimum Gasteiger partial charge on any atom is -0.481 e. The summed E-state index contributed by atoms with van der Waals surface area (Å²) in [5.41, 5.74) is 10.2. The van der Waals surface area contributed by atoms with Gasteiger partial charge in [0.05, 0.1) is 42.3 Å². The van der Waals surface area contributed by atoms with Crippen molar-refractivity contribution in [2.24, 2.45) is 52.4 Å². The van der Waals surface area contributed by atoms with Gasteiger partial charge in [0, 0.05) is 83.3 Å². The van der Waals surface area contributed by atoms with Crippen molar-refractivity contribution in [1.29, 1.82) is 0 Å². The molecule has 1 aliphatic carbocycles.